The van der Waals surface area contributed by atoms with Gasteiger partial charge in [0.05, 0.1) is 0 Å². The highest BCUT2D eigenvalue weighted by molar-refractivity contribution is 7.99. The van der Waals surface area contributed by atoms with E-state index in [1.807, 2.05) is 0 Å². The predicted molar refractivity (Wildman–Crippen MR) is 61.8 cm³/mol. The summed E-state index contributed by atoms with van der Waals surface area (Å²) in [5.74, 6) is 0. The molecule has 82 valence electrons. The second-order valence-electron chi connectivity index (χ2n) is 3.88. The molecule has 1 rings (SSSR count). The summed E-state index contributed by atoms with van der Waals surface area (Å²) in [7, 11) is 0. The van der Waals surface area contributed by atoms with Gasteiger partial charge in [-0.15, -0.1) is 0 Å². The first-order chi connectivity index (χ1) is 6.72. The van der Waals surface area contributed by atoms with Crippen molar-refractivity contribution >= 4 is 17.8 Å². The summed E-state index contributed by atoms with van der Waals surface area (Å²) in [6.45, 7) is 2.86. The molecule has 1 saturated carbocycles. The highest BCUT2D eigenvalue weighted by atomic mass is 32.2. The van der Waals surface area contributed by atoms with Crippen molar-refractivity contribution < 1.29 is 4.79 Å². The summed E-state index contributed by atoms with van der Waals surface area (Å²) < 4.78 is 0. The largest absolute Gasteiger partial charge is 0.337 e. The Bertz CT molecular complexity index is 181. The van der Waals surface area contributed by atoms with Gasteiger partial charge in [-0.05, 0) is 19.1 Å². The summed E-state index contributed by atoms with van der Waals surface area (Å²) >= 11 is 1.77. The Kier molecular flexibility index (Phi) is 5.15. The molecule has 0 saturated heterocycles. The molecule has 0 aromatic rings. The van der Waals surface area contributed by atoms with Gasteiger partial charge >= 0.3 is 6.03 Å². The van der Waals surface area contributed by atoms with Crippen molar-refractivity contribution in [2.24, 2.45) is 0 Å². The Hall–Kier alpha value is -0.380. The van der Waals surface area contributed by atoms with Gasteiger partial charge in [0.15, 0.2) is 0 Å². The maximum absolute atomic E-state index is 11.4. The Morgan fingerprint density at radius 3 is 2.71 bits per heavy atom. The van der Waals surface area contributed by atoms with E-state index in [1.165, 1.54) is 12.8 Å². The molecular weight excluding hydrogens is 196 g/mol. The third-order valence-electron chi connectivity index (χ3n) is 2.64. The molecule has 0 radical (unpaired) electrons. The summed E-state index contributed by atoms with van der Waals surface area (Å²) in [6, 6.07) is 0.414. The maximum atomic E-state index is 11.4. The molecule has 14 heavy (non-hydrogen) atoms. The molecule has 0 aliphatic heterocycles. The van der Waals surface area contributed by atoms with E-state index in [0.29, 0.717) is 11.3 Å². The lowest BCUT2D eigenvalue weighted by atomic mass is 10.2. The van der Waals surface area contributed by atoms with Gasteiger partial charge in [0.25, 0.3) is 0 Å². The quantitative estimate of drug-likeness (QED) is 0.754. The summed E-state index contributed by atoms with van der Waals surface area (Å²) in [5.41, 5.74) is 0. The molecule has 0 aromatic heterocycles. The second kappa shape index (κ2) is 6.17. The number of carbonyl (C=O) groups excluding carboxylic acids is 1. The van der Waals surface area contributed by atoms with Crippen LogP contribution in [-0.2, 0) is 0 Å². The first-order valence-corrected chi connectivity index (χ1v) is 6.58. The van der Waals surface area contributed by atoms with Crippen LogP contribution in [0.25, 0.3) is 0 Å². The van der Waals surface area contributed by atoms with E-state index < -0.39 is 0 Å². The normalized spacial score (nSPS) is 19.3. The Morgan fingerprint density at radius 1 is 1.50 bits per heavy atom. The minimum absolute atomic E-state index is 0.00204. The Labute approximate surface area is 90.4 Å². The molecule has 0 aromatic carbocycles. The Balaban J connectivity index is 2.09. The molecule has 1 atom stereocenters. The van der Waals surface area contributed by atoms with Crippen LogP contribution in [0.15, 0.2) is 0 Å². The third-order valence-corrected chi connectivity index (χ3v) is 3.61. The van der Waals surface area contributed by atoms with E-state index in [0.717, 1.165) is 19.4 Å². The van der Waals surface area contributed by atoms with Crippen molar-refractivity contribution in [1.29, 1.82) is 0 Å². The first kappa shape index (κ1) is 11.7. The topological polar surface area (TPSA) is 41.1 Å². The molecule has 0 heterocycles. The fourth-order valence-electron chi connectivity index (χ4n) is 1.63. The number of urea groups is 1. The zero-order chi connectivity index (χ0) is 10.4. The fourth-order valence-corrected chi connectivity index (χ4v) is 1.88. The van der Waals surface area contributed by atoms with Gasteiger partial charge in [0, 0.05) is 17.8 Å². The van der Waals surface area contributed by atoms with E-state index in [1.54, 1.807) is 11.8 Å². The predicted octanol–water partition coefficient (Wildman–Crippen LogP) is 1.98. The highest BCUT2D eigenvalue weighted by Crippen LogP contribution is 2.17. The molecule has 1 aliphatic rings. The smallest absolute Gasteiger partial charge is 0.315 e. The van der Waals surface area contributed by atoms with Crippen LogP contribution in [0.5, 0.6) is 0 Å². The lowest BCUT2D eigenvalue weighted by molar-refractivity contribution is 0.237. The third kappa shape index (κ3) is 4.22. The first-order valence-electron chi connectivity index (χ1n) is 5.29. The molecule has 4 heteroatoms. The van der Waals surface area contributed by atoms with E-state index in [4.69, 9.17) is 0 Å². The van der Waals surface area contributed by atoms with Crippen LogP contribution in [0.3, 0.4) is 0 Å². The number of rotatable bonds is 4. The molecule has 1 fully saturated rings. The minimum atomic E-state index is -0.00204. The van der Waals surface area contributed by atoms with E-state index in [2.05, 4.69) is 23.8 Å². The second-order valence-corrected chi connectivity index (χ2v) is 5.16. The van der Waals surface area contributed by atoms with Gasteiger partial charge in [-0.25, -0.2) is 4.79 Å². The molecule has 1 unspecified atom stereocenters. The molecule has 0 bridgehead atoms. The lowest BCUT2D eigenvalue weighted by Gasteiger charge is -2.14. The van der Waals surface area contributed by atoms with Crippen molar-refractivity contribution in [1.82, 2.24) is 10.6 Å². The molecule has 3 nitrogen and oxygen atoms in total. The standard InChI is InChI=1S/C10H20N2OS/c1-8(14-2)7-11-10(13)12-9-5-3-4-6-9/h8-9H,3-7H2,1-2H3,(H2,11,12,13). The van der Waals surface area contributed by atoms with Crippen LogP contribution in [0.2, 0.25) is 0 Å². The van der Waals surface area contributed by atoms with Crippen molar-refractivity contribution in [2.45, 2.75) is 43.9 Å². The van der Waals surface area contributed by atoms with Crippen molar-refractivity contribution in [3.63, 3.8) is 0 Å². The van der Waals surface area contributed by atoms with E-state index in [9.17, 15) is 4.79 Å². The van der Waals surface area contributed by atoms with Crippen LogP contribution in [0.1, 0.15) is 32.6 Å². The van der Waals surface area contributed by atoms with Crippen LogP contribution in [0, 0.1) is 0 Å². The molecule has 1 aliphatic carbocycles. The van der Waals surface area contributed by atoms with Gasteiger partial charge in [0.2, 0.25) is 0 Å². The molecular formula is C10H20N2OS. The van der Waals surface area contributed by atoms with Crippen LogP contribution in [-0.4, -0.2) is 30.1 Å². The number of nitrogens with one attached hydrogen (secondary N) is 2. The van der Waals surface area contributed by atoms with Crippen molar-refractivity contribution in [2.75, 3.05) is 12.8 Å². The number of hydrogen-bond donors (Lipinski definition) is 2. The Morgan fingerprint density at radius 2 is 2.14 bits per heavy atom. The number of amides is 2. The average Bonchev–Trinajstić information content (AvgIpc) is 2.66. The zero-order valence-electron chi connectivity index (χ0n) is 9.01. The van der Waals surface area contributed by atoms with Gasteiger partial charge in [-0.2, -0.15) is 11.8 Å². The zero-order valence-corrected chi connectivity index (χ0v) is 9.82. The van der Waals surface area contributed by atoms with Gasteiger partial charge in [0.1, 0.15) is 0 Å². The number of thioether (sulfide) groups is 1. The monoisotopic (exact) mass is 216 g/mol. The number of hydrogen-bond acceptors (Lipinski definition) is 2. The lowest BCUT2D eigenvalue weighted by Crippen LogP contribution is -2.42. The van der Waals surface area contributed by atoms with Crippen LogP contribution in [0.4, 0.5) is 4.79 Å². The summed E-state index contributed by atoms with van der Waals surface area (Å²) in [4.78, 5) is 11.4. The van der Waals surface area contributed by atoms with Gasteiger partial charge in [-0.3, -0.25) is 0 Å². The van der Waals surface area contributed by atoms with Crippen LogP contribution >= 0.6 is 11.8 Å². The van der Waals surface area contributed by atoms with E-state index in [-0.39, 0.29) is 6.03 Å². The van der Waals surface area contributed by atoms with E-state index >= 15 is 0 Å². The molecule has 2 N–H and O–H groups in total. The van der Waals surface area contributed by atoms with Crippen molar-refractivity contribution in [3.8, 4) is 0 Å². The summed E-state index contributed by atoms with van der Waals surface area (Å²) in [5, 5.41) is 6.38. The SMILES string of the molecule is CSC(C)CNC(=O)NC1CCCC1. The van der Waals surface area contributed by atoms with Crippen molar-refractivity contribution in [3.05, 3.63) is 0 Å². The van der Waals surface area contributed by atoms with Crippen LogP contribution < -0.4 is 10.6 Å². The average molecular weight is 216 g/mol. The summed E-state index contributed by atoms with van der Waals surface area (Å²) in [6.07, 6.45) is 6.86. The molecule has 2 amide bonds. The van der Waals surface area contributed by atoms with Gasteiger partial charge in [-0.1, -0.05) is 19.8 Å². The fraction of sp³-hybridized carbons (Fsp3) is 0.900. The maximum Gasteiger partial charge on any atom is 0.315 e. The van der Waals surface area contributed by atoms with Gasteiger partial charge < -0.3 is 10.6 Å². The molecule has 0 spiro atoms. The highest BCUT2D eigenvalue weighted by Gasteiger charge is 2.16. The minimum Gasteiger partial charge on any atom is -0.337 e. The number of carbonyl (C=O) groups is 1.